The van der Waals surface area contributed by atoms with Crippen LogP contribution in [0.4, 0.5) is 17.1 Å². The number of methoxy groups -OCH3 is 1. The lowest BCUT2D eigenvalue weighted by molar-refractivity contribution is -0.385. The van der Waals surface area contributed by atoms with Gasteiger partial charge in [-0.15, -0.1) is 0 Å². The molecule has 0 fully saturated rings. The van der Waals surface area contributed by atoms with E-state index in [1.54, 1.807) is 6.07 Å². The number of hydrogen-bond acceptors (Lipinski definition) is 6. The van der Waals surface area contributed by atoms with E-state index in [9.17, 15) is 23.3 Å². The van der Waals surface area contributed by atoms with Crippen LogP contribution in [0, 0.1) is 10.1 Å². The zero-order valence-corrected chi connectivity index (χ0v) is 18.5. The smallest absolute Gasteiger partial charge is 0.311 e. The summed E-state index contributed by atoms with van der Waals surface area (Å²) in [6.07, 6.45) is 1.56. The van der Waals surface area contributed by atoms with Gasteiger partial charge in [0, 0.05) is 23.9 Å². The Morgan fingerprint density at radius 1 is 1.09 bits per heavy atom. The minimum atomic E-state index is -3.76. The molecule has 0 radical (unpaired) electrons. The number of nitrogens with one attached hydrogen (secondary N) is 1. The van der Waals surface area contributed by atoms with Crippen LogP contribution >= 0.6 is 0 Å². The maximum absolute atomic E-state index is 13.2. The number of sulfonamides is 1. The van der Waals surface area contributed by atoms with Gasteiger partial charge in [-0.25, -0.2) is 8.42 Å². The zero-order valence-electron chi connectivity index (χ0n) is 17.7. The monoisotopic (exact) mass is 467 g/mol. The average Bonchev–Trinajstić information content (AvgIpc) is 2.83. The van der Waals surface area contributed by atoms with Crippen LogP contribution in [0.5, 0.6) is 5.75 Å². The molecule has 0 aliphatic carbocycles. The standard InChI is InChI=1S/C23H21N3O6S/c1-32-22-13-8-17(15-21(22)26(28)29)23(27)24-18-9-11-19(12-10-18)33(30,31)25-14-4-6-16-5-2-3-7-20(16)25/h2-3,5,7-13,15H,4,6,14H2,1H3,(H,24,27). The van der Waals surface area contributed by atoms with Crippen LogP contribution in [0.3, 0.4) is 0 Å². The highest BCUT2D eigenvalue weighted by Crippen LogP contribution is 2.32. The van der Waals surface area contributed by atoms with Gasteiger partial charge in [0.1, 0.15) is 0 Å². The fourth-order valence-corrected chi connectivity index (χ4v) is 5.30. The maximum Gasteiger partial charge on any atom is 0.311 e. The molecule has 1 aliphatic rings. The van der Waals surface area contributed by atoms with Gasteiger partial charge in [-0.05, 0) is 60.9 Å². The van der Waals surface area contributed by atoms with E-state index in [2.05, 4.69) is 5.32 Å². The lowest BCUT2D eigenvalue weighted by atomic mass is 10.0. The van der Waals surface area contributed by atoms with Crippen molar-refractivity contribution in [1.82, 2.24) is 0 Å². The third-order valence-electron chi connectivity index (χ3n) is 5.41. The number of aryl methyl sites for hydroxylation is 1. The van der Waals surface area contributed by atoms with Crippen molar-refractivity contribution in [2.45, 2.75) is 17.7 Å². The number of rotatable bonds is 6. The fraction of sp³-hybridized carbons (Fsp3) is 0.174. The minimum Gasteiger partial charge on any atom is -0.490 e. The van der Waals surface area contributed by atoms with Gasteiger partial charge in [0.15, 0.2) is 5.75 Å². The first-order chi connectivity index (χ1) is 15.8. The van der Waals surface area contributed by atoms with Crippen LogP contribution in [-0.2, 0) is 16.4 Å². The number of nitro groups is 1. The normalized spacial score (nSPS) is 13.2. The molecular formula is C23H21N3O6S. The Morgan fingerprint density at radius 2 is 1.82 bits per heavy atom. The Kier molecular flexibility index (Phi) is 6.01. The Balaban J connectivity index is 1.54. The number of benzene rings is 3. The molecule has 4 rings (SSSR count). The van der Waals surface area contributed by atoms with Crippen molar-refractivity contribution in [1.29, 1.82) is 0 Å². The Hall–Kier alpha value is -3.92. The molecular weight excluding hydrogens is 446 g/mol. The summed E-state index contributed by atoms with van der Waals surface area (Å²) in [7, 11) is -2.46. The predicted octanol–water partition coefficient (Wildman–Crippen LogP) is 4.00. The second kappa shape index (κ2) is 8.91. The number of anilines is 2. The fourth-order valence-electron chi connectivity index (χ4n) is 3.76. The minimum absolute atomic E-state index is 0.0467. The Morgan fingerprint density at radius 3 is 2.52 bits per heavy atom. The second-order valence-corrected chi connectivity index (χ2v) is 9.29. The van der Waals surface area contributed by atoms with E-state index >= 15 is 0 Å². The van der Waals surface area contributed by atoms with Crippen molar-refractivity contribution in [3.63, 3.8) is 0 Å². The van der Waals surface area contributed by atoms with Crippen molar-refractivity contribution < 1.29 is 22.9 Å². The molecule has 1 aliphatic heterocycles. The molecule has 0 aromatic heterocycles. The molecule has 10 heteroatoms. The highest BCUT2D eigenvalue weighted by Gasteiger charge is 2.28. The van der Waals surface area contributed by atoms with Gasteiger partial charge in [0.05, 0.1) is 22.6 Å². The molecule has 0 saturated carbocycles. The number of fused-ring (bicyclic) bond motifs is 1. The number of para-hydroxylation sites is 1. The van der Waals surface area contributed by atoms with Gasteiger partial charge in [-0.2, -0.15) is 0 Å². The van der Waals surface area contributed by atoms with E-state index in [0.29, 0.717) is 17.9 Å². The maximum atomic E-state index is 13.2. The molecule has 0 spiro atoms. The summed E-state index contributed by atoms with van der Waals surface area (Å²) in [5.41, 5.74) is 1.78. The van der Waals surface area contributed by atoms with Gasteiger partial charge in [-0.3, -0.25) is 19.2 Å². The van der Waals surface area contributed by atoms with Gasteiger partial charge in [0.25, 0.3) is 15.9 Å². The summed E-state index contributed by atoms with van der Waals surface area (Å²) < 4.78 is 32.8. The zero-order chi connectivity index (χ0) is 23.6. The Bertz CT molecular complexity index is 1320. The highest BCUT2D eigenvalue weighted by molar-refractivity contribution is 7.92. The van der Waals surface area contributed by atoms with Crippen LogP contribution in [0.2, 0.25) is 0 Å². The summed E-state index contributed by atoms with van der Waals surface area (Å²) >= 11 is 0. The Labute approximate surface area is 190 Å². The van der Waals surface area contributed by atoms with Crippen LogP contribution < -0.4 is 14.4 Å². The number of carbonyl (C=O) groups is 1. The molecule has 1 heterocycles. The molecule has 3 aromatic rings. The first-order valence-electron chi connectivity index (χ1n) is 10.2. The van der Waals surface area contributed by atoms with E-state index in [1.807, 2.05) is 18.2 Å². The third kappa shape index (κ3) is 4.37. The number of nitrogens with zero attached hydrogens (tertiary/aromatic N) is 2. The van der Waals surface area contributed by atoms with Crippen LogP contribution in [0.1, 0.15) is 22.3 Å². The highest BCUT2D eigenvalue weighted by atomic mass is 32.2. The molecule has 0 bridgehead atoms. The van der Waals surface area contributed by atoms with Crippen molar-refractivity contribution in [2.24, 2.45) is 0 Å². The number of nitro benzene ring substituents is 1. The van der Waals surface area contributed by atoms with Crippen LogP contribution in [-0.4, -0.2) is 32.9 Å². The average molecular weight is 468 g/mol. The summed E-state index contributed by atoms with van der Waals surface area (Å²) in [4.78, 5) is 23.2. The third-order valence-corrected chi connectivity index (χ3v) is 7.23. The molecule has 170 valence electrons. The molecule has 0 atom stereocenters. The van der Waals surface area contributed by atoms with Gasteiger partial charge in [-0.1, -0.05) is 18.2 Å². The van der Waals surface area contributed by atoms with Crippen LogP contribution in [0.15, 0.2) is 71.6 Å². The summed E-state index contributed by atoms with van der Waals surface area (Å²) in [5.74, 6) is -0.522. The molecule has 9 nitrogen and oxygen atoms in total. The summed E-state index contributed by atoms with van der Waals surface area (Å²) in [5, 5.41) is 13.8. The van der Waals surface area contributed by atoms with E-state index in [1.165, 1.54) is 47.8 Å². The predicted molar refractivity (Wildman–Crippen MR) is 123 cm³/mol. The molecule has 1 amide bonds. The van der Waals surface area contributed by atoms with Gasteiger partial charge < -0.3 is 10.1 Å². The molecule has 3 aromatic carbocycles. The number of amides is 1. The molecule has 1 N–H and O–H groups in total. The van der Waals surface area contributed by atoms with Gasteiger partial charge in [0.2, 0.25) is 0 Å². The number of ether oxygens (including phenoxy) is 1. The SMILES string of the molecule is COc1ccc(C(=O)Nc2ccc(S(=O)(=O)N3CCCc4ccccc43)cc2)cc1[N+](=O)[O-]. The van der Waals surface area contributed by atoms with E-state index < -0.39 is 20.9 Å². The van der Waals surface area contributed by atoms with Crippen molar-refractivity contribution in [3.05, 3.63) is 88.0 Å². The first kappa shape index (κ1) is 22.3. The first-order valence-corrected chi connectivity index (χ1v) is 11.6. The van der Waals surface area contributed by atoms with Gasteiger partial charge >= 0.3 is 5.69 Å². The summed E-state index contributed by atoms with van der Waals surface area (Å²) in [6.45, 7) is 0.397. The largest absolute Gasteiger partial charge is 0.490 e. The second-order valence-electron chi connectivity index (χ2n) is 7.43. The van der Waals surface area contributed by atoms with E-state index in [-0.39, 0.29) is 21.9 Å². The van der Waals surface area contributed by atoms with Crippen LogP contribution in [0.25, 0.3) is 0 Å². The van der Waals surface area contributed by atoms with E-state index in [0.717, 1.165) is 24.5 Å². The lowest BCUT2D eigenvalue weighted by Gasteiger charge is -2.30. The quantitative estimate of drug-likeness (QED) is 0.432. The molecule has 0 saturated heterocycles. The molecule has 0 unspecified atom stereocenters. The number of carbonyl (C=O) groups excluding carboxylic acids is 1. The number of hydrogen-bond donors (Lipinski definition) is 1. The lowest BCUT2D eigenvalue weighted by Crippen LogP contribution is -2.35. The molecule has 33 heavy (non-hydrogen) atoms. The summed E-state index contributed by atoms with van der Waals surface area (Å²) in [6, 6.07) is 17.1. The van der Waals surface area contributed by atoms with E-state index in [4.69, 9.17) is 4.74 Å². The van der Waals surface area contributed by atoms with Crippen molar-refractivity contribution in [2.75, 3.05) is 23.3 Å². The van der Waals surface area contributed by atoms with Crippen molar-refractivity contribution in [3.8, 4) is 5.75 Å². The topological polar surface area (TPSA) is 119 Å². The van der Waals surface area contributed by atoms with Crippen molar-refractivity contribution >= 4 is 33.0 Å².